The van der Waals surface area contributed by atoms with Crippen molar-refractivity contribution in [3.8, 4) is 0 Å². The van der Waals surface area contributed by atoms with Crippen LogP contribution in [0.15, 0.2) is 24.3 Å². The molecule has 0 heterocycles. The molecule has 0 bridgehead atoms. The number of hydrogen-bond acceptors (Lipinski definition) is 2. The Morgan fingerprint density at radius 1 is 1.29 bits per heavy atom. The first-order valence-corrected chi connectivity index (χ1v) is 5.30. The Morgan fingerprint density at radius 3 is 2.53 bits per heavy atom. The molecule has 0 aliphatic heterocycles. The topological polar surface area (TPSA) is 29.5 Å². The molecule has 2 nitrogen and oxygen atoms in total. The predicted octanol–water partition coefficient (Wildman–Crippen LogP) is 3.17. The Kier molecular flexibility index (Phi) is 4.96. The zero-order valence-electron chi connectivity index (χ0n) is 9.50. The van der Waals surface area contributed by atoms with Gasteiger partial charge in [-0.25, -0.2) is 0 Å². The zero-order valence-corrected chi connectivity index (χ0v) is 9.50. The Bertz CT molecular complexity index is 350. The molecule has 17 heavy (non-hydrogen) atoms. The van der Waals surface area contributed by atoms with Gasteiger partial charge in [0.1, 0.15) is 0 Å². The average Bonchev–Trinajstić information content (AvgIpc) is 2.28. The lowest BCUT2D eigenvalue weighted by Crippen LogP contribution is -2.12. The SMILES string of the molecule is COCCCC(O)c1ccccc1C(F)(F)F. The number of aliphatic hydroxyl groups excluding tert-OH is 1. The normalized spacial score (nSPS) is 13.7. The quantitative estimate of drug-likeness (QED) is 0.811. The molecular weight excluding hydrogens is 233 g/mol. The molecule has 0 fully saturated rings. The summed E-state index contributed by atoms with van der Waals surface area (Å²) in [5.41, 5.74) is -0.846. The summed E-state index contributed by atoms with van der Waals surface area (Å²) >= 11 is 0. The maximum atomic E-state index is 12.7. The molecule has 0 aliphatic carbocycles. The fourth-order valence-corrected chi connectivity index (χ4v) is 1.62. The van der Waals surface area contributed by atoms with Gasteiger partial charge in [-0.05, 0) is 24.5 Å². The second-order valence-electron chi connectivity index (χ2n) is 3.74. The summed E-state index contributed by atoms with van der Waals surface area (Å²) in [6, 6.07) is 5.09. The smallest absolute Gasteiger partial charge is 0.388 e. The molecule has 0 saturated carbocycles. The van der Waals surface area contributed by atoms with Crippen molar-refractivity contribution in [2.75, 3.05) is 13.7 Å². The summed E-state index contributed by atoms with van der Waals surface area (Å²) in [6.07, 6.45) is -4.77. The molecule has 0 aliphatic rings. The summed E-state index contributed by atoms with van der Waals surface area (Å²) in [6.45, 7) is 0.422. The van der Waals surface area contributed by atoms with Gasteiger partial charge in [0.2, 0.25) is 0 Å². The van der Waals surface area contributed by atoms with Gasteiger partial charge in [-0.2, -0.15) is 13.2 Å². The first-order valence-electron chi connectivity index (χ1n) is 5.30. The molecule has 0 saturated heterocycles. The Balaban J connectivity index is 2.82. The van der Waals surface area contributed by atoms with E-state index in [-0.39, 0.29) is 12.0 Å². The second kappa shape index (κ2) is 6.02. The number of ether oxygens (including phenoxy) is 1. The van der Waals surface area contributed by atoms with Crippen LogP contribution in [0, 0.1) is 0 Å². The highest BCUT2D eigenvalue weighted by atomic mass is 19.4. The van der Waals surface area contributed by atoms with Crippen LogP contribution in [0.1, 0.15) is 30.1 Å². The van der Waals surface area contributed by atoms with Crippen LogP contribution in [-0.4, -0.2) is 18.8 Å². The molecule has 5 heteroatoms. The third-order valence-corrected chi connectivity index (χ3v) is 2.45. The molecule has 1 aromatic rings. The molecule has 1 N–H and O–H groups in total. The van der Waals surface area contributed by atoms with E-state index in [0.717, 1.165) is 6.07 Å². The van der Waals surface area contributed by atoms with E-state index in [1.54, 1.807) is 0 Å². The highest BCUT2D eigenvalue weighted by Crippen LogP contribution is 2.35. The molecule has 0 aromatic heterocycles. The number of halogens is 3. The number of rotatable bonds is 5. The molecule has 1 unspecified atom stereocenters. The van der Waals surface area contributed by atoms with Crippen LogP contribution in [0.3, 0.4) is 0 Å². The van der Waals surface area contributed by atoms with Gasteiger partial charge in [-0.3, -0.25) is 0 Å². The van der Waals surface area contributed by atoms with Crippen molar-refractivity contribution in [1.29, 1.82) is 0 Å². The minimum Gasteiger partial charge on any atom is -0.388 e. The minimum absolute atomic E-state index is 0.0731. The molecule has 0 spiro atoms. The van der Waals surface area contributed by atoms with Crippen LogP contribution < -0.4 is 0 Å². The van der Waals surface area contributed by atoms with Crippen molar-refractivity contribution in [3.63, 3.8) is 0 Å². The van der Waals surface area contributed by atoms with Crippen molar-refractivity contribution in [2.45, 2.75) is 25.1 Å². The van der Waals surface area contributed by atoms with E-state index in [0.29, 0.717) is 13.0 Å². The predicted molar refractivity (Wildman–Crippen MR) is 57.5 cm³/mol. The third kappa shape index (κ3) is 4.02. The van der Waals surface area contributed by atoms with E-state index in [1.807, 2.05) is 0 Å². The number of hydrogen-bond donors (Lipinski definition) is 1. The fourth-order valence-electron chi connectivity index (χ4n) is 1.62. The lowest BCUT2D eigenvalue weighted by Gasteiger charge is -2.17. The highest BCUT2D eigenvalue weighted by Gasteiger charge is 2.34. The van der Waals surface area contributed by atoms with Gasteiger partial charge in [0.05, 0.1) is 11.7 Å². The number of methoxy groups -OCH3 is 1. The largest absolute Gasteiger partial charge is 0.416 e. The van der Waals surface area contributed by atoms with E-state index >= 15 is 0 Å². The first-order chi connectivity index (χ1) is 7.96. The Hall–Kier alpha value is -1.07. The van der Waals surface area contributed by atoms with Gasteiger partial charge in [-0.1, -0.05) is 18.2 Å². The first kappa shape index (κ1) is 14.0. The second-order valence-corrected chi connectivity index (χ2v) is 3.74. The molecular formula is C12H15F3O2. The summed E-state index contributed by atoms with van der Waals surface area (Å²) in [5.74, 6) is 0. The van der Waals surface area contributed by atoms with E-state index in [1.165, 1.54) is 25.3 Å². The maximum absolute atomic E-state index is 12.7. The summed E-state index contributed by atoms with van der Waals surface area (Å²) in [7, 11) is 1.51. The van der Waals surface area contributed by atoms with Crippen LogP contribution >= 0.6 is 0 Å². The third-order valence-electron chi connectivity index (χ3n) is 2.45. The van der Waals surface area contributed by atoms with Crippen molar-refractivity contribution in [3.05, 3.63) is 35.4 Å². The molecule has 1 rings (SSSR count). The van der Waals surface area contributed by atoms with Gasteiger partial charge in [-0.15, -0.1) is 0 Å². The van der Waals surface area contributed by atoms with Crippen molar-refractivity contribution in [2.24, 2.45) is 0 Å². The van der Waals surface area contributed by atoms with Gasteiger partial charge in [0.25, 0.3) is 0 Å². The van der Waals surface area contributed by atoms with Crippen LogP contribution in [0.25, 0.3) is 0 Å². The van der Waals surface area contributed by atoms with E-state index in [2.05, 4.69) is 0 Å². The monoisotopic (exact) mass is 248 g/mol. The minimum atomic E-state index is -4.43. The van der Waals surface area contributed by atoms with Crippen molar-refractivity contribution >= 4 is 0 Å². The van der Waals surface area contributed by atoms with Gasteiger partial charge in [0, 0.05) is 13.7 Å². The summed E-state index contributed by atoms with van der Waals surface area (Å²) in [5, 5.41) is 9.74. The van der Waals surface area contributed by atoms with Crippen LogP contribution in [0.4, 0.5) is 13.2 Å². The summed E-state index contributed by atoms with van der Waals surface area (Å²) < 4.78 is 42.8. The van der Waals surface area contributed by atoms with E-state index in [4.69, 9.17) is 4.74 Å². The van der Waals surface area contributed by atoms with Crippen molar-refractivity contribution in [1.82, 2.24) is 0 Å². The zero-order chi connectivity index (χ0) is 12.9. The number of aliphatic hydroxyl groups is 1. The fraction of sp³-hybridized carbons (Fsp3) is 0.500. The van der Waals surface area contributed by atoms with Crippen molar-refractivity contribution < 1.29 is 23.0 Å². The Morgan fingerprint density at radius 2 is 1.94 bits per heavy atom. The lowest BCUT2D eigenvalue weighted by atomic mass is 9.99. The molecule has 0 amide bonds. The summed E-state index contributed by atoms with van der Waals surface area (Å²) in [4.78, 5) is 0. The highest BCUT2D eigenvalue weighted by molar-refractivity contribution is 5.31. The van der Waals surface area contributed by atoms with Gasteiger partial charge >= 0.3 is 6.18 Å². The number of benzene rings is 1. The van der Waals surface area contributed by atoms with E-state index in [9.17, 15) is 18.3 Å². The van der Waals surface area contributed by atoms with Crippen LogP contribution in [-0.2, 0) is 10.9 Å². The van der Waals surface area contributed by atoms with Gasteiger partial charge in [0.15, 0.2) is 0 Å². The molecule has 0 radical (unpaired) electrons. The molecule has 96 valence electrons. The molecule has 1 atom stereocenters. The Labute approximate surface area is 98.0 Å². The van der Waals surface area contributed by atoms with Gasteiger partial charge < -0.3 is 9.84 Å². The van der Waals surface area contributed by atoms with Crippen LogP contribution in [0.2, 0.25) is 0 Å². The van der Waals surface area contributed by atoms with Crippen LogP contribution in [0.5, 0.6) is 0 Å². The maximum Gasteiger partial charge on any atom is 0.416 e. The lowest BCUT2D eigenvalue weighted by molar-refractivity contribution is -0.139. The standard InChI is InChI=1S/C12H15F3O2/c1-17-8-4-7-11(16)9-5-2-3-6-10(9)12(13,14)15/h2-3,5-6,11,16H,4,7-8H2,1H3. The number of alkyl halides is 3. The van der Waals surface area contributed by atoms with E-state index < -0.39 is 17.8 Å². The molecule has 1 aromatic carbocycles. The average molecular weight is 248 g/mol.